The van der Waals surface area contributed by atoms with Gasteiger partial charge in [-0.15, -0.1) is 10.2 Å². The molecular formula is C17H14Cl2N4O2S. The van der Waals surface area contributed by atoms with E-state index in [0.29, 0.717) is 31.6 Å². The van der Waals surface area contributed by atoms with Crippen molar-refractivity contribution in [2.24, 2.45) is 0 Å². The molecule has 134 valence electrons. The molecule has 0 spiro atoms. The highest BCUT2D eigenvalue weighted by atomic mass is 35.5. The van der Waals surface area contributed by atoms with Crippen LogP contribution >= 0.6 is 34.5 Å². The molecule has 0 radical (unpaired) electrons. The van der Waals surface area contributed by atoms with E-state index >= 15 is 0 Å². The summed E-state index contributed by atoms with van der Waals surface area (Å²) in [4.78, 5) is 12.0. The molecule has 3 rings (SSSR count). The number of nitrogens with zero attached hydrogens (tertiary/aromatic N) is 2. The van der Waals surface area contributed by atoms with Gasteiger partial charge in [0.25, 0.3) is 0 Å². The first-order valence-corrected chi connectivity index (χ1v) is 9.12. The molecule has 0 aliphatic heterocycles. The van der Waals surface area contributed by atoms with E-state index in [1.54, 1.807) is 36.4 Å². The Morgan fingerprint density at radius 1 is 1.12 bits per heavy atom. The second kappa shape index (κ2) is 8.35. The zero-order valence-corrected chi connectivity index (χ0v) is 16.0. The van der Waals surface area contributed by atoms with Crippen molar-refractivity contribution in [2.45, 2.75) is 13.5 Å². The van der Waals surface area contributed by atoms with Gasteiger partial charge in [0.2, 0.25) is 5.13 Å². The maximum atomic E-state index is 12.0. The number of aryl methyl sites for hydroxylation is 1. The lowest BCUT2D eigenvalue weighted by Gasteiger charge is -2.05. The molecule has 0 aliphatic rings. The van der Waals surface area contributed by atoms with E-state index in [2.05, 4.69) is 20.8 Å². The zero-order chi connectivity index (χ0) is 18.5. The summed E-state index contributed by atoms with van der Waals surface area (Å²) < 4.78 is 5.66. The molecule has 0 saturated heterocycles. The standard InChI is InChI=1S/C17H14Cl2N4O2S/c1-10-8-13(6-7-14(10)19)25-9-15-22-23-17(26-15)21-16(24)20-12-4-2-11(18)3-5-12/h2-8H,9H2,1H3,(H2,20,21,23,24). The first-order valence-electron chi connectivity index (χ1n) is 7.54. The number of carbonyl (C=O) groups excluding carboxylic acids is 1. The first-order chi connectivity index (χ1) is 12.5. The van der Waals surface area contributed by atoms with Crippen LogP contribution < -0.4 is 15.4 Å². The van der Waals surface area contributed by atoms with Crippen molar-refractivity contribution in [3.05, 3.63) is 63.1 Å². The molecule has 1 heterocycles. The molecule has 0 aliphatic carbocycles. The lowest BCUT2D eigenvalue weighted by Crippen LogP contribution is -2.19. The van der Waals surface area contributed by atoms with Gasteiger partial charge in [0.15, 0.2) is 5.01 Å². The summed E-state index contributed by atoms with van der Waals surface area (Å²) in [5.74, 6) is 0.692. The smallest absolute Gasteiger partial charge is 0.325 e. The van der Waals surface area contributed by atoms with Gasteiger partial charge in [-0.2, -0.15) is 0 Å². The summed E-state index contributed by atoms with van der Waals surface area (Å²) in [5.41, 5.74) is 1.56. The molecule has 6 nitrogen and oxygen atoms in total. The maximum Gasteiger partial charge on any atom is 0.325 e. The lowest BCUT2D eigenvalue weighted by atomic mass is 10.2. The minimum Gasteiger partial charge on any atom is -0.486 e. The molecule has 2 amide bonds. The van der Waals surface area contributed by atoms with Crippen molar-refractivity contribution in [2.75, 3.05) is 10.6 Å². The fraction of sp³-hybridized carbons (Fsp3) is 0.118. The summed E-state index contributed by atoms with van der Waals surface area (Å²) >= 11 is 13.0. The summed E-state index contributed by atoms with van der Waals surface area (Å²) in [7, 11) is 0. The number of halogens is 2. The Kier molecular flexibility index (Phi) is 5.92. The Labute approximate surface area is 164 Å². The van der Waals surface area contributed by atoms with E-state index in [4.69, 9.17) is 27.9 Å². The van der Waals surface area contributed by atoms with Crippen molar-refractivity contribution in [1.82, 2.24) is 10.2 Å². The summed E-state index contributed by atoms with van der Waals surface area (Å²) in [5, 5.41) is 15.5. The predicted molar refractivity (Wildman–Crippen MR) is 105 cm³/mol. The topological polar surface area (TPSA) is 76.1 Å². The largest absolute Gasteiger partial charge is 0.486 e. The summed E-state index contributed by atoms with van der Waals surface area (Å²) in [6, 6.07) is 11.8. The Balaban J connectivity index is 1.53. The van der Waals surface area contributed by atoms with Crippen LogP contribution in [0.1, 0.15) is 10.6 Å². The van der Waals surface area contributed by atoms with Crippen molar-refractivity contribution < 1.29 is 9.53 Å². The third-order valence-corrected chi connectivity index (χ3v) is 4.77. The monoisotopic (exact) mass is 408 g/mol. The normalized spacial score (nSPS) is 10.4. The highest BCUT2D eigenvalue weighted by Crippen LogP contribution is 2.23. The molecular weight excluding hydrogens is 395 g/mol. The van der Waals surface area contributed by atoms with Crippen LogP contribution in [-0.4, -0.2) is 16.2 Å². The quantitative estimate of drug-likeness (QED) is 0.594. The number of amides is 2. The first kappa shape index (κ1) is 18.4. The average molecular weight is 409 g/mol. The molecule has 0 fully saturated rings. The Morgan fingerprint density at radius 3 is 2.62 bits per heavy atom. The highest BCUT2D eigenvalue weighted by molar-refractivity contribution is 7.15. The molecule has 1 aromatic heterocycles. The number of anilines is 2. The molecule has 9 heteroatoms. The van der Waals surface area contributed by atoms with Gasteiger partial charge in [0, 0.05) is 15.7 Å². The third kappa shape index (κ3) is 5.08. The van der Waals surface area contributed by atoms with Crippen molar-refractivity contribution in [3.8, 4) is 5.75 Å². The van der Waals surface area contributed by atoms with E-state index in [0.717, 1.165) is 5.56 Å². The van der Waals surface area contributed by atoms with Crippen molar-refractivity contribution >= 4 is 51.4 Å². The van der Waals surface area contributed by atoms with Crippen LogP contribution in [0.5, 0.6) is 5.75 Å². The second-order valence-corrected chi connectivity index (χ2v) is 7.19. The number of carbonyl (C=O) groups is 1. The second-order valence-electron chi connectivity index (χ2n) is 5.29. The number of nitrogens with one attached hydrogen (secondary N) is 2. The molecule has 0 saturated carbocycles. The van der Waals surface area contributed by atoms with Crippen LogP contribution in [0.25, 0.3) is 0 Å². The van der Waals surface area contributed by atoms with Gasteiger partial charge in [-0.1, -0.05) is 34.5 Å². The number of ether oxygens (including phenoxy) is 1. The minimum atomic E-state index is -0.413. The molecule has 26 heavy (non-hydrogen) atoms. The average Bonchev–Trinajstić information content (AvgIpc) is 3.05. The van der Waals surface area contributed by atoms with E-state index in [1.807, 2.05) is 13.0 Å². The van der Waals surface area contributed by atoms with Gasteiger partial charge in [0.1, 0.15) is 12.4 Å². The SMILES string of the molecule is Cc1cc(OCc2nnc(NC(=O)Nc3ccc(Cl)cc3)s2)ccc1Cl. The molecule has 0 bridgehead atoms. The number of urea groups is 1. The van der Waals surface area contributed by atoms with Gasteiger partial charge in [-0.05, 0) is 55.0 Å². The van der Waals surface area contributed by atoms with Crippen LogP contribution in [0.3, 0.4) is 0 Å². The van der Waals surface area contributed by atoms with E-state index in [1.165, 1.54) is 11.3 Å². The van der Waals surface area contributed by atoms with E-state index in [-0.39, 0.29) is 6.61 Å². The van der Waals surface area contributed by atoms with E-state index in [9.17, 15) is 4.79 Å². The van der Waals surface area contributed by atoms with Crippen LogP contribution in [0.4, 0.5) is 15.6 Å². The highest BCUT2D eigenvalue weighted by Gasteiger charge is 2.09. The zero-order valence-electron chi connectivity index (χ0n) is 13.6. The number of rotatable bonds is 5. The minimum absolute atomic E-state index is 0.249. The number of hydrogen-bond acceptors (Lipinski definition) is 5. The number of benzene rings is 2. The van der Waals surface area contributed by atoms with Crippen molar-refractivity contribution in [1.29, 1.82) is 0 Å². The fourth-order valence-corrected chi connectivity index (χ4v) is 2.90. The van der Waals surface area contributed by atoms with Gasteiger partial charge in [0.05, 0.1) is 0 Å². The third-order valence-electron chi connectivity index (χ3n) is 3.28. The van der Waals surface area contributed by atoms with Crippen LogP contribution in [0, 0.1) is 6.92 Å². The Hall–Kier alpha value is -2.35. The Bertz CT molecular complexity index is 915. The van der Waals surface area contributed by atoms with Gasteiger partial charge >= 0.3 is 6.03 Å². The van der Waals surface area contributed by atoms with Gasteiger partial charge < -0.3 is 10.1 Å². The van der Waals surface area contributed by atoms with Gasteiger partial charge in [-0.25, -0.2) is 4.79 Å². The number of aromatic nitrogens is 2. The molecule has 3 aromatic rings. The molecule has 2 aromatic carbocycles. The Morgan fingerprint density at radius 2 is 1.88 bits per heavy atom. The van der Waals surface area contributed by atoms with Crippen LogP contribution in [-0.2, 0) is 6.61 Å². The molecule has 0 atom stereocenters. The lowest BCUT2D eigenvalue weighted by molar-refractivity contribution is 0.262. The van der Waals surface area contributed by atoms with E-state index < -0.39 is 6.03 Å². The van der Waals surface area contributed by atoms with Crippen molar-refractivity contribution in [3.63, 3.8) is 0 Å². The van der Waals surface area contributed by atoms with Gasteiger partial charge in [-0.3, -0.25) is 5.32 Å². The summed E-state index contributed by atoms with van der Waals surface area (Å²) in [6.07, 6.45) is 0. The maximum absolute atomic E-state index is 12.0. The summed E-state index contributed by atoms with van der Waals surface area (Å²) in [6.45, 7) is 2.15. The predicted octanol–water partition coefficient (Wildman–Crippen LogP) is 5.38. The van der Waals surface area contributed by atoms with Crippen LogP contribution in [0.2, 0.25) is 10.0 Å². The fourth-order valence-electron chi connectivity index (χ4n) is 2.01. The number of hydrogen-bond donors (Lipinski definition) is 2. The molecule has 0 unspecified atom stereocenters. The molecule has 2 N–H and O–H groups in total. The van der Waals surface area contributed by atoms with Crippen LogP contribution in [0.15, 0.2) is 42.5 Å².